The predicted octanol–water partition coefficient (Wildman–Crippen LogP) is 3.74. The number of nitrogens with zero attached hydrogens (tertiary/aromatic N) is 1. The minimum Gasteiger partial charge on any atom is -0.484 e. The molecule has 1 N–H and O–H groups in total. The van der Waals surface area contributed by atoms with Crippen LogP contribution in [0.1, 0.15) is 18.1 Å². The van der Waals surface area contributed by atoms with E-state index < -0.39 is 11.6 Å². The van der Waals surface area contributed by atoms with Crippen LogP contribution in [0.2, 0.25) is 5.02 Å². The maximum Gasteiger partial charge on any atom is 0.141 e. The molecule has 6 heteroatoms. The third kappa shape index (κ3) is 3.36. The van der Waals surface area contributed by atoms with Crippen LogP contribution in [0.15, 0.2) is 36.7 Å². The van der Waals surface area contributed by atoms with Gasteiger partial charge in [0.25, 0.3) is 0 Å². The molecule has 0 radical (unpaired) electrons. The molecule has 22 heavy (non-hydrogen) atoms. The maximum atomic E-state index is 13.5. The molecule has 2 atom stereocenters. The quantitative estimate of drug-likeness (QED) is 0.930. The summed E-state index contributed by atoms with van der Waals surface area (Å²) in [5, 5.41) is 3.45. The van der Waals surface area contributed by atoms with Crippen LogP contribution < -0.4 is 10.1 Å². The van der Waals surface area contributed by atoms with Crippen LogP contribution in [0.25, 0.3) is 0 Å². The van der Waals surface area contributed by atoms with Crippen molar-refractivity contribution in [1.82, 2.24) is 10.3 Å². The predicted molar refractivity (Wildman–Crippen MR) is 80.0 cm³/mol. The summed E-state index contributed by atoms with van der Waals surface area (Å²) >= 11 is 6.03. The van der Waals surface area contributed by atoms with Crippen LogP contribution in [0.5, 0.6) is 5.75 Å². The van der Waals surface area contributed by atoms with E-state index >= 15 is 0 Å². The minimum absolute atomic E-state index is 0.171. The van der Waals surface area contributed by atoms with E-state index in [0.717, 1.165) is 25.7 Å². The van der Waals surface area contributed by atoms with Crippen molar-refractivity contribution in [2.45, 2.75) is 12.5 Å². The molecule has 1 saturated heterocycles. The second kappa shape index (κ2) is 6.58. The van der Waals surface area contributed by atoms with Gasteiger partial charge in [0, 0.05) is 24.2 Å². The third-order valence-electron chi connectivity index (χ3n) is 3.73. The van der Waals surface area contributed by atoms with E-state index in [1.54, 1.807) is 6.20 Å². The van der Waals surface area contributed by atoms with Crippen LogP contribution in [0.4, 0.5) is 8.78 Å². The highest BCUT2D eigenvalue weighted by Gasteiger charge is 2.29. The molecule has 0 spiro atoms. The first-order valence-corrected chi connectivity index (χ1v) is 7.44. The number of pyridine rings is 1. The van der Waals surface area contributed by atoms with Gasteiger partial charge in [0.1, 0.15) is 23.5 Å². The van der Waals surface area contributed by atoms with Gasteiger partial charge in [-0.3, -0.25) is 4.98 Å². The molecule has 2 heterocycles. The number of ether oxygens (including phenoxy) is 1. The number of nitrogens with one attached hydrogen (secondary N) is 1. The average molecular weight is 325 g/mol. The fourth-order valence-electron chi connectivity index (χ4n) is 2.66. The zero-order valence-electron chi connectivity index (χ0n) is 11.7. The lowest BCUT2D eigenvalue weighted by molar-refractivity contribution is 0.143. The lowest BCUT2D eigenvalue weighted by Gasteiger charge is -2.25. The Balaban J connectivity index is 1.91. The van der Waals surface area contributed by atoms with E-state index in [-0.39, 0.29) is 17.0 Å². The van der Waals surface area contributed by atoms with Gasteiger partial charge in [-0.2, -0.15) is 0 Å². The highest BCUT2D eigenvalue weighted by molar-refractivity contribution is 6.32. The lowest BCUT2D eigenvalue weighted by Crippen LogP contribution is -2.22. The molecule has 1 aromatic heterocycles. The van der Waals surface area contributed by atoms with E-state index in [1.807, 2.05) is 0 Å². The molecule has 2 aromatic rings. The van der Waals surface area contributed by atoms with E-state index in [0.29, 0.717) is 11.3 Å². The number of hydrogen-bond acceptors (Lipinski definition) is 3. The number of hydrogen-bond donors (Lipinski definition) is 1. The molecule has 1 fully saturated rings. The fraction of sp³-hybridized carbons (Fsp3) is 0.312. The Morgan fingerprint density at radius 1 is 1.23 bits per heavy atom. The van der Waals surface area contributed by atoms with Gasteiger partial charge < -0.3 is 10.1 Å². The summed E-state index contributed by atoms with van der Waals surface area (Å²) in [5.41, 5.74) is 0.647. The molecule has 1 aromatic carbocycles. The van der Waals surface area contributed by atoms with Gasteiger partial charge in [0.15, 0.2) is 0 Å². The van der Waals surface area contributed by atoms with Gasteiger partial charge in [-0.25, -0.2) is 8.78 Å². The van der Waals surface area contributed by atoms with E-state index in [1.165, 1.54) is 24.3 Å². The van der Waals surface area contributed by atoms with Crippen LogP contribution in [0.3, 0.4) is 0 Å². The molecule has 1 unspecified atom stereocenters. The molecule has 1 aliphatic heterocycles. The Morgan fingerprint density at radius 2 is 2.09 bits per heavy atom. The molecular formula is C16H15ClF2N2O. The van der Waals surface area contributed by atoms with E-state index in [2.05, 4.69) is 10.3 Å². The van der Waals surface area contributed by atoms with Crippen molar-refractivity contribution in [3.05, 3.63) is 58.9 Å². The first kappa shape index (κ1) is 15.2. The Kier molecular flexibility index (Phi) is 4.55. The highest BCUT2D eigenvalue weighted by Crippen LogP contribution is 2.35. The Morgan fingerprint density at radius 3 is 2.77 bits per heavy atom. The second-order valence-corrected chi connectivity index (χ2v) is 5.71. The van der Waals surface area contributed by atoms with Gasteiger partial charge in [-0.1, -0.05) is 11.6 Å². The summed E-state index contributed by atoms with van der Waals surface area (Å²) in [4.78, 5) is 3.89. The molecule has 116 valence electrons. The van der Waals surface area contributed by atoms with Crippen molar-refractivity contribution in [3.8, 4) is 5.75 Å². The van der Waals surface area contributed by atoms with Crippen molar-refractivity contribution in [3.63, 3.8) is 0 Å². The number of halogens is 3. The molecule has 3 nitrogen and oxygen atoms in total. The molecule has 1 aliphatic rings. The van der Waals surface area contributed by atoms with Crippen LogP contribution in [0, 0.1) is 17.6 Å². The van der Waals surface area contributed by atoms with Gasteiger partial charge in [0.05, 0.1) is 11.2 Å². The van der Waals surface area contributed by atoms with Crippen molar-refractivity contribution >= 4 is 11.6 Å². The normalized spacial score (nSPS) is 19.1. The second-order valence-electron chi connectivity index (χ2n) is 5.30. The number of benzene rings is 1. The van der Waals surface area contributed by atoms with Gasteiger partial charge in [0.2, 0.25) is 0 Å². The van der Waals surface area contributed by atoms with Crippen LogP contribution >= 0.6 is 11.6 Å². The first-order valence-electron chi connectivity index (χ1n) is 7.06. The van der Waals surface area contributed by atoms with Crippen molar-refractivity contribution in [2.75, 3.05) is 13.1 Å². The first-order chi connectivity index (χ1) is 10.6. The Labute approximate surface area is 132 Å². The summed E-state index contributed by atoms with van der Waals surface area (Å²) in [6.07, 6.45) is 3.25. The topological polar surface area (TPSA) is 34.1 Å². The summed E-state index contributed by atoms with van der Waals surface area (Å²) in [5.74, 6) is -0.292. The zero-order valence-corrected chi connectivity index (χ0v) is 12.5. The number of aromatic nitrogens is 1. The molecule has 3 rings (SSSR count). The van der Waals surface area contributed by atoms with Crippen molar-refractivity contribution < 1.29 is 13.5 Å². The minimum atomic E-state index is -0.427. The fourth-order valence-corrected chi connectivity index (χ4v) is 2.88. The molecule has 0 amide bonds. The van der Waals surface area contributed by atoms with Gasteiger partial charge >= 0.3 is 0 Å². The van der Waals surface area contributed by atoms with Gasteiger partial charge in [-0.05, 0) is 37.2 Å². The smallest absolute Gasteiger partial charge is 0.141 e. The van der Waals surface area contributed by atoms with Gasteiger partial charge in [-0.15, -0.1) is 0 Å². The standard InChI is InChI=1S/C16H15ClF2N2O/c17-14-6-12(18)1-2-15(14)22-16(10-3-4-20-7-10)11-5-13(19)9-21-8-11/h1-2,5-6,8-10,16,20H,3-4,7H2/t10?,16-/m0/s1. The molecular weight excluding hydrogens is 310 g/mol. The van der Waals surface area contributed by atoms with Crippen LogP contribution in [-0.4, -0.2) is 18.1 Å². The third-order valence-corrected chi connectivity index (χ3v) is 4.02. The largest absolute Gasteiger partial charge is 0.484 e. The van der Waals surface area contributed by atoms with Crippen molar-refractivity contribution in [2.24, 2.45) is 5.92 Å². The summed E-state index contributed by atoms with van der Waals surface area (Å²) in [7, 11) is 0. The summed E-state index contributed by atoms with van der Waals surface area (Å²) in [6.45, 7) is 1.64. The molecule has 0 aliphatic carbocycles. The Bertz CT molecular complexity index is 662. The maximum absolute atomic E-state index is 13.5. The lowest BCUT2D eigenvalue weighted by atomic mass is 9.96. The van der Waals surface area contributed by atoms with Crippen LogP contribution in [-0.2, 0) is 0 Å². The molecule has 0 saturated carbocycles. The van der Waals surface area contributed by atoms with Crippen molar-refractivity contribution in [1.29, 1.82) is 0 Å². The number of rotatable bonds is 4. The average Bonchev–Trinajstić information content (AvgIpc) is 3.00. The van der Waals surface area contributed by atoms with E-state index in [9.17, 15) is 8.78 Å². The SMILES string of the molecule is Fc1cncc([C@@H](Oc2ccc(F)cc2Cl)C2CCNC2)c1. The summed E-state index contributed by atoms with van der Waals surface area (Å²) in [6, 6.07) is 5.38. The molecule has 0 bridgehead atoms. The Hall–Kier alpha value is -1.72. The van der Waals surface area contributed by atoms with E-state index in [4.69, 9.17) is 16.3 Å². The zero-order chi connectivity index (χ0) is 15.5. The monoisotopic (exact) mass is 324 g/mol. The highest BCUT2D eigenvalue weighted by atomic mass is 35.5. The summed E-state index contributed by atoms with van der Waals surface area (Å²) < 4.78 is 32.6.